The van der Waals surface area contributed by atoms with Crippen LogP contribution >= 0.6 is 0 Å². The molecule has 1 saturated heterocycles. The van der Waals surface area contributed by atoms with Crippen molar-refractivity contribution in [2.24, 2.45) is 11.8 Å². The zero-order valence-corrected chi connectivity index (χ0v) is 10.5. The molecule has 2 fully saturated rings. The summed E-state index contributed by atoms with van der Waals surface area (Å²) in [7, 11) is 2.33. The Morgan fingerprint density at radius 3 is 2.40 bits per heavy atom. The van der Waals surface area contributed by atoms with Crippen molar-refractivity contribution in [1.82, 2.24) is 10.2 Å². The molecule has 0 amide bonds. The van der Waals surface area contributed by atoms with Crippen LogP contribution in [0.2, 0.25) is 0 Å². The maximum absolute atomic E-state index is 3.37. The minimum absolute atomic E-state index is 0.820. The average Bonchev–Trinajstić information content (AvgIpc) is 2.15. The molecule has 0 aromatic carbocycles. The van der Waals surface area contributed by atoms with Crippen molar-refractivity contribution < 1.29 is 0 Å². The van der Waals surface area contributed by atoms with Crippen molar-refractivity contribution in [2.45, 2.75) is 51.6 Å². The van der Waals surface area contributed by atoms with E-state index in [1.165, 1.54) is 38.8 Å². The molecule has 15 heavy (non-hydrogen) atoms. The molecule has 2 rings (SSSR count). The molecule has 0 bridgehead atoms. The van der Waals surface area contributed by atoms with E-state index in [1.807, 2.05) is 0 Å². The number of hydrogen-bond donors (Lipinski definition) is 1. The summed E-state index contributed by atoms with van der Waals surface area (Å²) in [6, 6.07) is 1.68. The van der Waals surface area contributed by atoms with E-state index in [1.54, 1.807) is 0 Å². The second-order valence-corrected chi connectivity index (χ2v) is 5.80. The first kappa shape index (κ1) is 11.4. The maximum Gasteiger partial charge on any atom is 0.0345 e. The smallest absolute Gasteiger partial charge is 0.0345 e. The minimum atomic E-state index is 0.820. The lowest BCUT2D eigenvalue weighted by molar-refractivity contribution is 0.0759. The van der Waals surface area contributed by atoms with Crippen molar-refractivity contribution in [3.63, 3.8) is 0 Å². The summed E-state index contributed by atoms with van der Waals surface area (Å²) in [5.41, 5.74) is 0. The van der Waals surface area contributed by atoms with Crippen LogP contribution in [0.4, 0.5) is 0 Å². The van der Waals surface area contributed by atoms with Crippen LogP contribution in [0.5, 0.6) is 0 Å². The molecule has 0 aromatic heterocycles. The van der Waals surface area contributed by atoms with E-state index in [-0.39, 0.29) is 0 Å². The topological polar surface area (TPSA) is 15.3 Å². The molecule has 1 N–H and O–H groups in total. The van der Waals surface area contributed by atoms with E-state index >= 15 is 0 Å². The highest BCUT2D eigenvalue weighted by Crippen LogP contribution is 2.32. The Morgan fingerprint density at radius 1 is 1.13 bits per heavy atom. The molecule has 1 aliphatic heterocycles. The van der Waals surface area contributed by atoms with Gasteiger partial charge >= 0.3 is 0 Å². The summed E-state index contributed by atoms with van der Waals surface area (Å²) in [5, 5.41) is 3.37. The molecule has 2 heteroatoms. The van der Waals surface area contributed by atoms with Gasteiger partial charge in [-0.1, -0.05) is 26.7 Å². The van der Waals surface area contributed by atoms with Gasteiger partial charge in [0, 0.05) is 25.2 Å². The third-order valence-corrected chi connectivity index (χ3v) is 4.54. The quantitative estimate of drug-likeness (QED) is 0.767. The fraction of sp³-hybridized carbons (Fsp3) is 1.00. The molecule has 1 aliphatic carbocycles. The Balaban J connectivity index is 1.85. The number of likely N-dealkylation sites (N-methyl/N-ethyl adjacent to an activating group) is 1. The Morgan fingerprint density at radius 2 is 1.87 bits per heavy atom. The molecular formula is C13H26N2. The molecule has 0 aromatic rings. The van der Waals surface area contributed by atoms with Crippen LogP contribution in [0, 0.1) is 11.8 Å². The lowest BCUT2D eigenvalue weighted by Crippen LogP contribution is -2.59. The zero-order valence-electron chi connectivity index (χ0n) is 10.5. The molecule has 0 spiro atoms. The van der Waals surface area contributed by atoms with Crippen molar-refractivity contribution >= 4 is 0 Å². The van der Waals surface area contributed by atoms with Gasteiger partial charge in [-0.2, -0.15) is 0 Å². The van der Waals surface area contributed by atoms with Crippen LogP contribution in [0.1, 0.15) is 39.5 Å². The summed E-state index contributed by atoms with van der Waals surface area (Å²) < 4.78 is 0. The molecule has 1 saturated carbocycles. The van der Waals surface area contributed by atoms with Crippen molar-refractivity contribution in [3.8, 4) is 0 Å². The monoisotopic (exact) mass is 210 g/mol. The second-order valence-electron chi connectivity index (χ2n) is 5.80. The Kier molecular flexibility index (Phi) is 3.68. The SMILES string of the molecule is CC(C)C1CCCC(N(C)C2CNC2)C1. The second kappa shape index (κ2) is 4.84. The molecule has 0 radical (unpaired) electrons. The zero-order chi connectivity index (χ0) is 10.8. The van der Waals surface area contributed by atoms with Crippen molar-refractivity contribution in [1.29, 1.82) is 0 Å². The third-order valence-electron chi connectivity index (χ3n) is 4.54. The van der Waals surface area contributed by atoms with E-state index in [0.717, 1.165) is 23.9 Å². The van der Waals surface area contributed by atoms with Crippen LogP contribution in [0.3, 0.4) is 0 Å². The first-order valence-electron chi connectivity index (χ1n) is 6.61. The van der Waals surface area contributed by atoms with E-state index < -0.39 is 0 Å². The van der Waals surface area contributed by atoms with Gasteiger partial charge in [-0.25, -0.2) is 0 Å². The molecule has 88 valence electrons. The first-order valence-corrected chi connectivity index (χ1v) is 6.61. The van der Waals surface area contributed by atoms with Gasteiger partial charge in [0.1, 0.15) is 0 Å². The van der Waals surface area contributed by atoms with Crippen LogP contribution < -0.4 is 5.32 Å². The fourth-order valence-corrected chi connectivity index (χ4v) is 3.04. The van der Waals surface area contributed by atoms with Gasteiger partial charge in [0.05, 0.1) is 0 Å². The Labute approximate surface area is 94.4 Å². The van der Waals surface area contributed by atoms with Crippen LogP contribution in [-0.2, 0) is 0 Å². The van der Waals surface area contributed by atoms with Gasteiger partial charge < -0.3 is 5.32 Å². The molecular weight excluding hydrogens is 184 g/mol. The standard InChI is InChI=1S/C13H26N2/c1-10(2)11-5-4-6-12(7-11)15(3)13-8-14-9-13/h10-14H,4-9H2,1-3H3. The fourth-order valence-electron chi connectivity index (χ4n) is 3.04. The lowest BCUT2D eigenvalue weighted by atomic mass is 9.78. The maximum atomic E-state index is 3.37. The number of hydrogen-bond acceptors (Lipinski definition) is 2. The van der Waals surface area contributed by atoms with Gasteiger partial charge in [0.15, 0.2) is 0 Å². The molecule has 1 heterocycles. The van der Waals surface area contributed by atoms with E-state index in [0.29, 0.717) is 0 Å². The van der Waals surface area contributed by atoms with Gasteiger partial charge in [0.2, 0.25) is 0 Å². The van der Waals surface area contributed by atoms with E-state index in [4.69, 9.17) is 0 Å². The van der Waals surface area contributed by atoms with Crippen molar-refractivity contribution in [2.75, 3.05) is 20.1 Å². The summed E-state index contributed by atoms with van der Waals surface area (Å²) >= 11 is 0. The summed E-state index contributed by atoms with van der Waals surface area (Å²) in [6.07, 6.45) is 5.77. The average molecular weight is 210 g/mol. The Bertz CT molecular complexity index is 199. The highest BCUT2D eigenvalue weighted by atomic mass is 15.2. The Hall–Kier alpha value is -0.0800. The van der Waals surface area contributed by atoms with Gasteiger partial charge in [-0.15, -0.1) is 0 Å². The number of nitrogens with one attached hydrogen (secondary N) is 1. The highest BCUT2D eigenvalue weighted by Gasteiger charge is 2.31. The van der Waals surface area contributed by atoms with E-state index in [9.17, 15) is 0 Å². The van der Waals surface area contributed by atoms with Gasteiger partial charge in [-0.3, -0.25) is 4.90 Å². The lowest BCUT2D eigenvalue weighted by Gasteiger charge is -2.44. The van der Waals surface area contributed by atoms with Crippen LogP contribution in [-0.4, -0.2) is 37.1 Å². The molecule has 2 atom stereocenters. The molecule has 2 unspecified atom stereocenters. The largest absolute Gasteiger partial charge is 0.314 e. The summed E-state index contributed by atoms with van der Waals surface area (Å²) in [4.78, 5) is 2.64. The predicted octanol–water partition coefficient (Wildman–Crippen LogP) is 2.10. The predicted molar refractivity (Wildman–Crippen MR) is 65.0 cm³/mol. The molecule has 2 aliphatic rings. The van der Waals surface area contributed by atoms with Crippen LogP contribution in [0.25, 0.3) is 0 Å². The number of nitrogens with zero attached hydrogens (tertiary/aromatic N) is 1. The normalized spacial score (nSPS) is 33.4. The van der Waals surface area contributed by atoms with Gasteiger partial charge in [-0.05, 0) is 31.7 Å². The highest BCUT2D eigenvalue weighted by molar-refractivity contribution is 4.89. The minimum Gasteiger partial charge on any atom is -0.314 e. The first-order chi connectivity index (χ1) is 7.18. The summed E-state index contributed by atoms with van der Waals surface area (Å²) in [6.45, 7) is 7.19. The van der Waals surface area contributed by atoms with Crippen molar-refractivity contribution in [3.05, 3.63) is 0 Å². The van der Waals surface area contributed by atoms with E-state index in [2.05, 4.69) is 31.1 Å². The number of rotatable bonds is 3. The van der Waals surface area contributed by atoms with Gasteiger partial charge in [0.25, 0.3) is 0 Å². The molecule has 2 nitrogen and oxygen atoms in total. The third kappa shape index (κ3) is 2.54. The summed E-state index contributed by atoms with van der Waals surface area (Å²) in [5.74, 6) is 1.85. The van der Waals surface area contributed by atoms with Crippen LogP contribution in [0.15, 0.2) is 0 Å².